The Bertz CT molecular complexity index is 796. The molecule has 0 fully saturated rings. The summed E-state index contributed by atoms with van der Waals surface area (Å²) in [6, 6.07) is 26.0. The lowest BCUT2D eigenvalue weighted by atomic mass is 10.0. The molecule has 0 atom stereocenters. The van der Waals surface area contributed by atoms with Gasteiger partial charge < -0.3 is 5.32 Å². The Morgan fingerprint density at radius 1 is 0.792 bits per heavy atom. The highest BCUT2D eigenvalue weighted by molar-refractivity contribution is 9.10. The predicted molar refractivity (Wildman–Crippen MR) is 102 cm³/mol. The summed E-state index contributed by atoms with van der Waals surface area (Å²) >= 11 is 3.42. The molecule has 0 saturated carbocycles. The Hall–Kier alpha value is -2.39. The molecule has 0 spiro atoms. The van der Waals surface area contributed by atoms with Crippen LogP contribution >= 0.6 is 15.9 Å². The second-order valence-electron chi connectivity index (χ2n) is 5.58. The normalized spacial score (nSPS) is 10.4. The van der Waals surface area contributed by atoms with Crippen LogP contribution in [0.15, 0.2) is 83.3 Å². The van der Waals surface area contributed by atoms with Crippen molar-refractivity contribution in [3.63, 3.8) is 0 Å². The lowest BCUT2D eigenvalue weighted by Crippen LogP contribution is -2.25. The van der Waals surface area contributed by atoms with Crippen LogP contribution in [-0.2, 0) is 6.42 Å². The van der Waals surface area contributed by atoms with E-state index in [9.17, 15) is 4.79 Å². The summed E-state index contributed by atoms with van der Waals surface area (Å²) in [5, 5.41) is 2.97. The molecule has 0 saturated heterocycles. The molecule has 120 valence electrons. The number of nitrogens with one attached hydrogen (secondary N) is 1. The van der Waals surface area contributed by atoms with E-state index in [1.807, 2.05) is 54.6 Å². The van der Waals surface area contributed by atoms with Crippen molar-refractivity contribution in [1.82, 2.24) is 5.32 Å². The van der Waals surface area contributed by atoms with Gasteiger partial charge in [-0.05, 0) is 47.4 Å². The maximum absolute atomic E-state index is 12.2. The first-order valence-electron chi connectivity index (χ1n) is 7.90. The van der Waals surface area contributed by atoms with E-state index in [1.165, 1.54) is 5.56 Å². The van der Waals surface area contributed by atoms with Crippen molar-refractivity contribution >= 4 is 21.8 Å². The lowest BCUT2D eigenvalue weighted by molar-refractivity contribution is 0.0954. The molecule has 0 aliphatic rings. The molecule has 3 aromatic rings. The first kappa shape index (κ1) is 16.5. The Morgan fingerprint density at radius 3 is 2.08 bits per heavy atom. The fourth-order valence-corrected chi connectivity index (χ4v) is 2.78. The Morgan fingerprint density at radius 2 is 1.42 bits per heavy atom. The van der Waals surface area contributed by atoms with E-state index in [0.717, 1.165) is 22.0 Å². The summed E-state index contributed by atoms with van der Waals surface area (Å²) in [4.78, 5) is 12.2. The number of rotatable bonds is 5. The SMILES string of the molecule is O=C(NCCc1ccc(Br)cc1)c1ccc(-c2ccccc2)cc1. The van der Waals surface area contributed by atoms with Crippen molar-refractivity contribution < 1.29 is 4.79 Å². The van der Waals surface area contributed by atoms with Crippen molar-refractivity contribution in [2.24, 2.45) is 0 Å². The van der Waals surface area contributed by atoms with Gasteiger partial charge in [-0.1, -0.05) is 70.5 Å². The van der Waals surface area contributed by atoms with Gasteiger partial charge in [0.1, 0.15) is 0 Å². The number of benzene rings is 3. The highest BCUT2D eigenvalue weighted by Gasteiger charge is 2.05. The monoisotopic (exact) mass is 379 g/mol. The summed E-state index contributed by atoms with van der Waals surface area (Å²) in [6.07, 6.45) is 0.821. The van der Waals surface area contributed by atoms with Crippen molar-refractivity contribution in [2.75, 3.05) is 6.54 Å². The topological polar surface area (TPSA) is 29.1 Å². The zero-order valence-electron chi connectivity index (χ0n) is 13.2. The van der Waals surface area contributed by atoms with Gasteiger partial charge in [0.05, 0.1) is 0 Å². The second-order valence-corrected chi connectivity index (χ2v) is 6.49. The Labute approximate surface area is 150 Å². The van der Waals surface area contributed by atoms with Crippen LogP contribution in [0.2, 0.25) is 0 Å². The number of halogens is 1. The first-order chi connectivity index (χ1) is 11.7. The molecule has 1 amide bonds. The summed E-state index contributed by atoms with van der Waals surface area (Å²) in [5.74, 6) is -0.0354. The molecule has 0 unspecified atom stereocenters. The fraction of sp³-hybridized carbons (Fsp3) is 0.0952. The maximum Gasteiger partial charge on any atom is 0.251 e. The molecule has 3 heteroatoms. The highest BCUT2D eigenvalue weighted by atomic mass is 79.9. The average molecular weight is 380 g/mol. The minimum absolute atomic E-state index is 0.0354. The average Bonchev–Trinajstić information content (AvgIpc) is 2.64. The van der Waals surface area contributed by atoms with E-state index in [-0.39, 0.29) is 5.91 Å². The van der Waals surface area contributed by atoms with E-state index < -0.39 is 0 Å². The van der Waals surface area contributed by atoms with Gasteiger partial charge in [0.2, 0.25) is 0 Å². The van der Waals surface area contributed by atoms with Crippen molar-refractivity contribution in [3.8, 4) is 11.1 Å². The molecular formula is C21H18BrNO. The summed E-state index contributed by atoms with van der Waals surface area (Å²) < 4.78 is 1.06. The van der Waals surface area contributed by atoms with Crippen LogP contribution in [0.3, 0.4) is 0 Å². The van der Waals surface area contributed by atoms with Gasteiger partial charge in [0.15, 0.2) is 0 Å². The minimum atomic E-state index is -0.0354. The fourth-order valence-electron chi connectivity index (χ4n) is 2.52. The minimum Gasteiger partial charge on any atom is -0.352 e. The molecule has 24 heavy (non-hydrogen) atoms. The summed E-state index contributed by atoms with van der Waals surface area (Å²) in [5.41, 5.74) is 4.16. The van der Waals surface area contributed by atoms with E-state index in [1.54, 1.807) is 0 Å². The van der Waals surface area contributed by atoms with Gasteiger partial charge in [-0.25, -0.2) is 0 Å². The largest absolute Gasteiger partial charge is 0.352 e. The van der Waals surface area contributed by atoms with Gasteiger partial charge in [0, 0.05) is 16.6 Å². The zero-order valence-corrected chi connectivity index (χ0v) is 14.8. The van der Waals surface area contributed by atoms with Gasteiger partial charge >= 0.3 is 0 Å². The molecule has 1 N–H and O–H groups in total. The third kappa shape index (κ3) is 4.33. The number of carbonyl (C=O) groups excluding carboxylic acids is 1. The number of hydrogen-bond acceptors (Lipinski definition) is 1. The van der Waals surface area contributed by atoms with Crippen molar-refractivity contribution in [1.29, 1.82) is 0 Å². The molecule has 0 heterocycles. The number of carbonyl (C=O) groups is 1. The van der Waals surface area contributed by atoms with Crippen LogP contribution in [0.4, 0.5) is 0 Å². The molecule has 2 nitrogen and oxygen atoms in total. The molecule has 0 aliphatic carbocycles. The van der Waals surface area contributed by atoms with E-state index >= 15 is 0 Å². The molecule has 0 aromatic heterocycles. The van der Waals surface area contributed by atoms with E-state index in [2.05, 4.69) is 45.5 Å². The predicted octanol–water partition coefficient (Wildman–Crippen LogP) is 5.09. The van der Waals surface area contributed by atoms with Gasteiger partial charge in [-0.3, -0.25) is 4.79 Å². The number of hydrogen-bond donors (Lipinski definition) is 1. The van der Waals surface area contributed by atoms with Crippen LogP contribution < -0.4 is 5.32 Å². The van der Waals surface area contributed by atoms with E-state index in [4.69, 9.17) is 0 Å². The Kier molecular flexibility index (Phi) is 5.44. The van der Waals surface area contributed by atoms with E-state index in [0.29, 0.717) is 12.1 Å². The number of amides is 1. The van der Waals surface area contributed by atoms with Gasteiger partial charge in [0.25, 0.3) is 5.91 Å². The first-order valence-corrected chi connectivity index (χ1v) is 8.70. The van der Waals surface area contributed by atoms with Crippen LogP contribution in [0.5, 0.6) is 0 Å². The van der Waals surface area contributed by atoms with Crippen molar-refractivity contribution in [2.45, 2.75) is 6.42 Å². The zero-order chi connectivity index (χ0) is 16.8. The van der Waals surface area contributed by atoms with Crippen LogP contribution in [0.1, 0.15) is 15.9 Å². The standard InChI is InChI=1S/C21H18BrNO/c22-20-12-6-16(7-13-20)14-15-23-21(24)19-10-8-18(9-11-19)17-4-2-1-3-5-17/h1-13H,14-15H2,(H,23,24). The second kappa shape index (κ2) is 7.93. The summed E-state index contributed by atoms with van der Waals surface area (Å²) in [7, 11) is 0. The molecule has 3 rings (SSSR count). The van der Waals surface area contributed by atoms with Gasteiger partial charge in [-0.15, -0.1) is 0 Å². The van der Waals surface area contributed by atoms with Crippen LogP contribution in [0, 0.1) is 0 Å². The maximum atomic E-state index is 12.2. The summed E-state index contributed by atoms with van der Waals surface area (Å²) in [6.45, 7) is 0.626. The lowest BCUT2D eigenvalue weighted by Gasteiger charge is -2.07. The quantitative estimate of drug-likeness (QED) is 0.657. The molecular weight excluding hydrogens is 362 g/mol. The van der Waals surface area contributed by atoms with Crippen molar-refractivity contribution in [3.05, 3.63) is 94.5 Å². The highest BCUT2D eigenvalue weighted by Crippen LogP contribution is 2.19. The third-order valence-corrected chi connectivity index (χ3v) is 4.40. The molecule has 0 radical (unpaired) electrons. The Balaban J connectivity index is 1.56. The third-order valence-electron chi connectivity index (χ3n) is 3.87. The van der Waals surface area contributed by atoms with Crippen LogP contribution in [-0.4, -0.2) is 12.5 Å². The van der Waals surface area contributed by atoms with Gasteiger partial charge in [-0.2, -0.15) is 0 Å². The molecule has 3 aromatic carbocycles. The molecule has 0 bridgehead atoms. The smallest absolute Gasteiger partial charge is 0.251 e. The van der Waals surface area contributed by atoms with Crippen LogP contribution in [0.25, 0.3) is 11.1 Å². The molecule has 0 aliphatic heterocycles.